The molecular weight excluding hydrogens is 433 g/mol. The van der Waals surface area contributed by atoms with Gasteiger partial charge in [0.15, 0.2) is 0 Å². The molecule has 1 heterocycles. The lowest BCUT2D eigenvalue weighted by Crippen LogP contribution is -2.41. The lowest BCUT2D eigenvalue weighted by Gasteiger charge is -2.29. The van der Waals surface area contributed by atoms with Crippen LogP contribution in [0.1, 0.15) is 42.9 Å². The molecule has 1 aliphatic rings. The molecule has 0 saturated carbocycles. The Labute approximate surface area is 171 Å². The molecular formula is C20H13F7N2O2. The second-order valence-electron chi connectivity index (χ2n) is 6.64. The van der Waals surface area contributed by atoms with E-state index in [-0.39, 0.29) is 5.69 Å². The van der Waals surface area contributed by atoms with Crippen molar-refractivity contribution in [1.82, 2.24) is 0 Å². The van der Waals surface area contributed by atoms with Gasteiger partial charge < -0.3 is 0 Å². The molecule has 0 N–H and O–H groups in total. The highest BCUT2D eigenvalue weighted by Crippen LogP contribution is 2.38. The van der Waals surface area contributed by atoms with E-state index in [9.17, 15) is 40.3 Å². The Balaban J connectivity index is 2.36. The molecule has 1 amide bonds. The highest BCUT2D eigenvalue weighted by Gasteiger charge is 2.41. The summed E-state index contributed by atoms with van der Waals surface area (Å²) >= 11 is 0. The zero-order valence-corrected chi connectivity index (χ0v) is 15.7. The number of alkyl halides is 4. The number of hydrogen-bond acceptors (Lipinski definition) is 3. The van der Waals surface area contributed by atoms with Crippen molar-refractivity contribution < 1.29 is 40.3 Å². The zero-order chi connectivity index (χ0) is 23.0. The molecule has 4 nitrogen and oxygen atoms in total. The lowest BCUT2D eigenvalue weighted by atomic mass is 9.86. The second-order valence-corrected chi connectivity index (χ2v) is 6.64. The Hall–Kier alpha value is -3.24. The normalized spacial score (nSPS) is 16.8. The van der Waals surface area contributed by atoms with Gasteiger partial charge in [0.1, 0.15) is 23.2 Å². The van der Waals surface area contributed by atoms with Crippen molar-refractivity contribution in [2.45, 2.75) is 26.2 Å². The number of hydrazone groups is 1. The summed E-state index contributed by atoms with van der Waals surface area (Å²) in [6.07, 6.45) is -8.46. The van der Waals surface area contributed by atoms with Gasteiger partial charge in [-0.05, 0) is 19.1 Å². The van der Waals surface area contributed by atoms with Crippen LogP contribution in [0.4, 0.5) is 36.4 Å². The number of nitrogens with zero attached hydrogens (tertiary/aromatic N) is 2. The number of amides is 1. The Morgan fingerprint density at radius 2 is 1.48 bits per heavy atom. The predicted molar refractivity (Wildman–Crippen MR) is 95.5 cm³/mol. The van der Waals surface area contributed by atoms with Gasteiger partial charge in [0.25, 0.3) is 12.9 Å². The first-order valence-electron chi connectivity index (χ1n) is 8.80. The van der Waals surface area contributed by atoms with E-state index in [2.05, 4.69) is 5.10 Å². The van der Waals surface area contributed by atoms with Crippen LogP contribution < -0.4 is 5.01 Å². The van der Waals surface area contributed by atoms with Crippen LogP contribution >= 0.6 is 0 Å². The van der Waals surface area contributed by atoms with Gasteiger partial charge in [-0.15, -0.1) is 0 Å². The number of carbonyl (C=O) groups is 2. The lowest BCUT2D eigenvalue weighted by molar-refractivity contribution is -0.125. The summed E-state index contributed by atoms with van der Waals surface area (Å²) < 4.78 is 96.8. The van der Waals surface area contributed by atoms with Crippen LogP contribution in [-0.4, -0.2) is 17.4 Å². The maximum Gasteiger partial charge on any atom is 0.269 e. The molecule has 164 valence electrons. The van der Waals surface area contributed by atoms with E-state index in [0.717, 1.165) is 6.92 Å². The van der Waals surface area contributed by atoms with E-state index >= 15 is 0 Å². The average Bonchev–Trinajstić information content (AvgIpc) is 2.68. The van der Waals surface area contributed by atoms with Crippen molar-refractivity contribution in [3.63, 3.8) is 0 Å². The number of halogens is 7. The molecule has 0 fully saturated rings. The van der Waals surface area contributed by atoms with E-state index in [0.29, 0.717) is 5.01 Å². The standard InChI is InChI=1S/C20H13F7N2O2/c1-8(30)10-7-11(31)29(9-5-3-2-4-6-9)28-18(10)12-15(21)13(19(24)25)17(23)14(16(12)22)20(26)27/h2-6,10,19-20H,7H2,1H3. The van der Waals surface area contributed by atoms with E-state index in [1.54, 1.807) is 6.07 Å². The third-order valence-corrected chi connectivity index (χ3v) is 4.72. The molecule has 0 spiro atoms. The smallest absolute Gasteiger partial charge is 0.269 e. The van der Waals surface area contributed by atoms with Crippen molar-refractivity contribution in [1.29, 1.82) is 0 Å². The fourth-order valence-electron chi connectivity index (χ4n) is 3.23. The molecule has 0 radical (unpaired) electrons. The summed E-state index contributed by atoms with van der Waals surface area (Å²) in [4.78, 5) is 24.5. The van der Waals surface area contributed by atoms with Gasteiger partial charge in [0, 0.05) is 6.42 Å². The van der Waals surface area contributed by atoms with Crippen molar-refractivity contribution in [2.75, 3.05) is 5.01 Å². The summed E-state index contributed by atoms with van der Waals surface area (Å²) in [6, 6.07) is 7.36. The molecule has 0 saturated heterocycles. The van der Waals surface area contributed by atoms with Crippen LogP contribution in [0.25, 0.3) is 0 Å². The highest BCUT2D eigenvalue weighted by molar-refractivity contribution is 6.19. The molecule has 2 aromatic rings. The summed E-state index contributed by atoms with van der Waals surface area (Å²) in [5.41, 5.74) is -6.40. The Morgan fingerprint density at radius 3 is 1.94 bits per heavy atom. The first kappa shape index (κ1) is 22.4. The average molecular weight is 446 g/mol. The largest absolute Gasteiger partial charge is 0.299 e. The Kier molecular flexibility index (Phi) is 6.14. The topological polar surface area (TPSA) is 49.7 Å². The first-order valence-corrected chi connectivity index (χ1v) is 8.80. The minimum Gasteiger partial charge on any atom is -0.299 e. The molecule has 11 heteroatoms. The monoisotopic (exact) mass is 446 g/mol. The van der Waals surface area contributed by atoms with Crippen LogP contribution in [0.15, 0.2) is 35.4 Å². The van der Waals surface area contributed by atoms with Gasteiger partial charge in [-0.25, -0.2) is 35.7 Å². The van der Waals surface area contributed by atoms with Crippen molar-refractivity contribution in [3.8, 4) is 0 Å². The van der Waals surface area contributed by atoms with E-state index in [4.69, 9.17) is 0 Å². The maximum absolute atomic E-state index is 14.8. The van der Waals surface area contributed by atoms with Gasteiger partial charge in [-0.2, -0.15) is 5.10 Å². The number of anilines is 1. The first-order chi connectivity index (χ1) is 14.6. The molecule has 1 aliphatic heterocycles. The SMILES string of the molecule is CC(=O)C1CC(=O)N(c2ccccc2)N=C1c1c(F)c(C(F)F)c(F)c(C(F)F)c1F. The molecule has 31 heavy (non-hydrogen) atoms. The molecule has 3 rings (SSSR count). The van der Waals surface area contributed by atoms with Gasteiger partial charge in [-0.3, -0.25) is 9.59 Å². The van der Waals surface area contributed by atoms with Crippen LogP contribution in [0.5, 0.6) is 0 Å². The van der Waals surface area contributed by atoms with Gasteiger partial charge in [0.05, 0.1) is 34.0 Å². The number of hydrogen-bond donors (Lipinski definition) is 0. The quantitative estimate of drug-likeness (QED) is 0.584. The number of benzene rings is 2. The summed E-state index contributed by atoms with van der Waals surface area (Å²) in [7, 11) is 0. The van der Waals surface area contributed by atoms with Gasteiger partial charge in [-0.1, -0.05) is 18.2 Å². The summed E-state index contributed by atoms with van der Waals surface area (Å²) in [5, 5.41) is 4.41. The third-order valence-electron chi connectivity index (χ3n) is 4.72. The molecule has 0 aromatic heterocycles. The Morgan fingerprint density at radius 1 is 0.968 bits per heavy atom. The van der Waals surface area contributed by atoms with Crippen molar-refractivity contribution in [2.24, 2.45) is 11.0 Å². The minimum atomic E-state index is -3.90. The van der Waals surface area contributed by atoms with E-state index < -0.39 is 76.7 Å². The van der Waals surface area contributed by atoms with Crippen molar-refractivity contribution >= 4 is 23.1 Å². The minimum absolute atomic E-state index is 0.109. The number of Topliss-reactive ketones (excluding diaryl/α,β-unsaturated/α-hetero) is 1. The van der Waals surface area contributed by atoms with Gasteiger partial charge >= 0.3 is 0 Å². The fourth-order valence-corrected chi connectivity index (χ4v) is 3.23. The van der Waals surface area contributed by atoms with Gasteiger partial charge in [0.2, 0.25) is 5.91 Å². The van der Waals surface area contributed by atoms with E-state index in [1.807, 2.05) is 0 Å². The zero-order valence-electron chi connectivity index (χ0n) is 15.7. The third kappa shape index (κ3) is 3.91. The summed E-state index contributed by atoms with van der Waals surface area (Å²) in [6.45, 7) is 0.951. The fraction of sp³-hybridized carbons (Fsp3) is 0.250. The number of rotatable bonds is 5. The molecule has 0 bridgehead atoms. The van der Waals surface area contributed by atoms with Crippen LogP contribution in [0.3, 0.4) is 0 Å². The number of ketones is 1. The highest BCUT2D eigenvalue weighted by atomic mass is 19.3. The Bertz CT molecular complexity index is 1040. The molecule has 1 unspecified atom stereocenters. The van der Waals surface area contributed by atoms with Crippen LogP contribution in [0, 0.1) is 23.4 Å². The van der Waals surface area contributed by atoms with Crippen LogP contribution in [0.2, 0.25) is 0 Å². The number of carbonyl (C=O) groups excluding carboxylic acids is 2. The van der Waals surface area contributed by atoms with E-state index in [1.165, 1.54) is 24.3 Å². The molecule has 2 aromatic carbocycles. The molecule has 1 atom stereocenters. The second kappa shape index (κ2) is 8.48. The molecule has 0 aliphatic carbocycles. The van der Waals surface area contributed by atoms with Crippen molar-refractivity contribution in [3.05, 3.63) is 64.5 Å². The van der Waals surface area contributed by atoms with Crippen LogP contribution in [-0.2, 0) is 9.59 Å². The number of para-hydroxylation sites is 1. The predicted octanol–water partition coefficient (Wildman–Crippen LogP) is 5.33. The maximum atomic E-state index is 14.8. The summed E-state index contributed by atoms with van der Waals surface area (Å²) in [5.74, 6) is -9.95.